The van der Waals surface area contributed by atoms with Gasteiger partial charge in [0.15, 0.2) is 11.7 Å². The van der Waals surface area contributed by atoms with E-state index in [-0.39, 0.29) is 12.2 Å². The second-order valence-corrected chi connectivity index (χ2v) is 10.0. The Hall–Kier alpha value is -3.04. The van der Waals surface area contributed by atoms with Crippen LogP contribution in [0.2, 0.25) is 5.02 Å². The third-order valence-electron chi connectivity index (χ3n) is 6.53. The van der Waals surface area contributed by atoms with Crippen molar-refractivity contribution < 1.29 is 23.7 Å². The van der Waals surface area contributed by atoms with Crippen LogP contribution in [0.1, 0.15) is 56.6 Å². The lowest BCUT2D eigenvalue weighted by molar-refractivity contribution is -0.145. The van der Waals surface area contributed by atoms with Gasteiger partial charge in [-0.1, -0.05) is 18.0 Å². The number of halogens is 1. The van der Waals surface area contributed by atoms with E-state index in [1.54, 1.807) is 26.2 Å². The van der Waals surface area contributed by atoms with Crippen molar-refractivity contribution in [3.05, 3.63) is 46.5 Å². The average molecular weight is 546 g/mol. The molecular weight excluding hydrogens is 514 g/mol. The molecule has 0 saturated heterocycles. The summed E-state index contributed by atoms with van der Waals surface area (Å²) in [6.07, 6.45) is 6.02. The number of thiocarbonyl (C=S) groups is 1. The molecule has 8 nitrogen and oxygen atoms in total. The summed E-state index contributed by atoms with van der Waals surface area (Å²) in [6, 6.07) is 9.13. The van der Waals surface area contributed by atoms with Gasteiger partial charge in [-0.25, -0.2) is 4.79 Å². The minimum Gasteiger partial charge on any atom is -0.495 e. The Labute approximate surface area is 227 Å². The summed E-state index contributed by atoms with van der Waals surface area (Å²) in [6.45, 7) is 3.81. The molecule has 37 heavy (non-hydrogen) atoms. The summed E-state index contributed by atoms with van der Waals surface area (Å²) >= 11 is 11.8. The summed E-state index contributed by atoms with van der Waals surface area (Å²) in [5.41, 5.74) is 5.89. The second-order valence-electron chi connectivity index (χ2n) is 9.20. The first-order valence-corrected chi connectivity index (χ1v) is 13.2. The number of fused-ring (bicyclic) bond motifs is 1. The zero-order valence-corrected chi connectivity index (χ0v) is 22.9. The summed E-state index contributed by atoms with van der Waals surface area (Å²) in [5.74, 6) is 1.43. The van der Waals surface area contributed by atoms with Gasteiger partial charge in [0.25, 0.3) is 0 Å². The lowest BCUT2D eigenvalue weighted by Gasteiger charge is -2.41. The molecule has 1 fully saturated rings. The predicted octanol–water partition coefficient (Wildman–Crippen LogP) is 5.78. The number of esters is 1. The summed E-state index contributed by atoms with van der Waals surface area (Å²) < 4.78 is 22.6. The number of rotatable bonds is 7. The smallest absolute Gasteiger partial charge is 0.344 e. The molecule has 1 heterocycles. The van der Waals surface area contributed by atoms with Crippen LogP contribution in [0, 0.1) is 6.92 Å². The summed E-state index contributed by atoms with van der Waals surface area (Å²) in [5, 5.41) is 8.77. The van der Waals surface area contributed by atoms with Crippen LogP contribution in [0.3, 0.4) is 0 Å². The van der Waals surface area contributed by atoms with E-state index in [1.165, 1.54) is 6.42 Å². The molecule has 1 aliphatic heterocycles. The third-order valence-corrected chi connectivity index (χ3v) is 7.13. The van der Waals surface area contributed by atoms with Gasteiger partial charge in [-0.15, -0.1) is 0 Å². The lowest BCUT2D eigenvalue weighted by Crippen LogP contribution is -2.44. The Kier molecular flexibility index (Phi) is 8.76. The number of hydrogen-bond donors (Lipinski definition) is 2. The fourth-order valence-electron chi connectivity index (χ4n) is 4.70. The van der Waals surface area contributed by atoms with E-state index in [0.29, 0.717) is 40.3 Å². The fourth-order valence-corrected chi connectivity index (χ4v) is 5.01. The van der Waals surface area contributed by atoms with Crippen molar-refractivity contribution in [2.24, 2.45) is 5.10 Å². The first-order chi connectivity index (χ1) is 17.8. The molecule has 198 valence electrons. The molecule has 1 spiro atoms. The second kappa shape index (κ2) is 12.0. The van der Waals surface area contributed by atoms with E-state index < -0.39 is 5.97 Å². The van der Waals surface area contributed by atoms with Crippen molar-refractivity contribution in [2.45, 2.75) is 58.0 Å². The van der Waals surface area contributed by atoms with Crippen molar-refractivity contribution in [1.82, 2.24) is 5.43 Å². The molecule has 0 unspecified atom stereocenters. The molecule has 0 bridgehead atoms. The van der Waals surface area contributed by atoms with E-state index in [2.05, 4.69) is 10.7 Å². The van der Waals surface area contributed by atoms with Gasteiger partial charge in [0.2, 0.25) is 0 Å². The lowest BCUT2D eigenvalue weighted by atomic mass is 9.78. The van der Waals surface area contributed by atoms with E-state index in [4.69, 9.17) is 47.9 Å². The standard InChI is InChI=1S/C27H32ClN3O5S/c1-4-34-25(32)16-35-18-8-9-23-19(13-18)22(15-27(36-23)10-6-5-7-11-27)30-31-26(37)29-21-12-17(2)20(28)14-24(21)33-3/h8-9,12-14H,4-7,10-11,15-16H2,1-3H3,(H2,29,31,37)/b30-22-. The van der Waals surface area contributed by atoms with E-state index in [0.717, 1.165) is 48.3 Å². The number of carbonyl (C=O) groups is 1. The molecule has 2 aromatic carbocycles. The van der Waals surface area contributed by atoms with Crippen molar-refractivity contribution in [1.29, 1.82) is 0 Å². The van der Waals surface area contributed by atoms with Gasteiger partial charge >= 0.3 is 5.97 Å². The van der Waals surface area contributed by atoms with Crippen LogP contribution in [-0.2, 0) is 9.53 Å². The van der Waals surface area contributed by atoms with Gasteiger partial charge < -0.3 is 24.3 Å². The number of aryl methyl sites for hydroxylation is 1. The number of ether oxygens (including phenoxy) is 4. The highest BCUT2D eigenvalue weighted by molar-refractivity contribution is 7.80. The van der Waals surface area contributed by atoms with Crippen LogP contribution in [0.25, 0.3) is 0 Å². The largest absolute Gasteiger partial charge is 0.495 e. The van der Waals surface area contributed by atoms with Crippen molar-refractivity contribution in [3.8, 4) is 17.2 Å². The molecule has 2 aliphatic rings. The van der Waals surface area contributed by atoms with Crippen LogP contribution >= 0.6 is 23.8 Å². The highest BCUT2D eigenvalue weighted by Crippen LogP contribution is 2.43. The number of carbonyl (C=O) groups excluding carboxylic acids is 1. The first-order valence-electron chi connectivity index (χ1n) is 12.4. The number of hydrogen-bond acceptors (Lipinski definition) is 7. The van der Waals surface area contributed by atoms with Crippen molar-refractivity contribution in [3.63, 3.8) is 0 Å². The van der Waals surface area contributed by atoms with Crippen molar-refractivity contribution >= 4 is 46.3 Å². The molecule has 2 aromatic rings. The highest BCUT2D eigenvalue weighted by atomic mass is 35.5. The molecule has 2 N–H and O–H groups in total. The number of benzene rings is 2. The van der Waals surface area contributed by atoms with E-state index >= 15 is 0 Å². The SMILES string of the molecule is CCOC(=O)COc1ccc2c(c1)/C(=N\NC(=S)Nc1cc(C)c(Cl)cc1OC)CC1(CCCCC1)O2. The van der Waals surface area contributed by atoms with Gasteiger partial charge in [0.05, 0.1) is 25.1 Å². The predicted molar refractivity (Wildman–Crippen MR) is 148 cm³/mol. The summed E-state index contributed by atoms with van der Waals surface area (Å²) in [4.78, 5) is 11.7. The van der Waals surface area contributed by atoms with Gasteiger partial charge in [-0.3, -0.25) is 5.43 Å². The van der Waals surface area contributed by atoms with Gasteiger partial charge in [-0.05, 0) is 81.6 Å². The Bertz CT molecular complexity index is 1200. The molecule has 1 aliphatic carbocycles. The van der Waals surface area contributed by atoms with Crippen LogP contribution in [0.4, 0.5) is 5.69 Å². The Morgan fingerprint density at radius 2 is 2.00 bits per heavy atom. The van der Waals surface area contributed by atoms with Crippen LogP contribution in [0.15, 0.2) is 35.4 Å². The fraction of sp³-hybridized carbons (Fsp3) is 0.444. The zero-order valence-electron chi connectivity index (χ0n) is 21.3. The minimum absolute atomic E-state index is 0.168. The number of anilines is 1. The molecule has 0 radical (unpaired) electrons. The number of hydrazone groups is 1. The molecule has 0 atom stereocenters. The van der Waals surface area contributed by atoms with Crippen molar-refractivity contribution in [2.75, 3.05) is 25.6 Å². The third kappa shape index (κ3) is 6.64. The topological polar surface area (TPSA) is 90.4 Å². The maximum atomic E-state index is 11.7. The summed E-state index contributed by atoms with van der Waals surface area (Å²) in [7, 11) is 1.58. The number of methoxy groups -OCH3 is 1. The Morgan fingerprint density at radius 3 is 2.73 bits per heavy atom. The zero-order chi connectivity index (χ0) is 26.4. The molecule has 10 heteroatoms. The quantitative estimate of drug-likeness (QED) is 0.257. The number of nitrogens with zero attached hydrogens (tertiary/aromatic N) is 1. The molecule has 0 aromatic heterocycles. The maximum absolute atomic E-state index is 11.7. The average Bonchev–Trinajstić information content (AvgIpc) is 2.88. The molecule has 0 amide bonds. The van der Waals surface area contributed by atoms with Gasteiger partial charge in [-0.2, -0.15) is 5.10 Å². The van der Waals surface area contributed by atoms with E-state index in [9.17, 15) is 4.79 Å². The van der Waals surface area contributed by atoms with Gasteiger partial charge in [0, 0.05) is 23.1 Å². The highest BCUT2D eigenvalue weighted by Gasteiger charge is 2.40. The molecular formula is C27H32ClN3O5S. The minimum atomic E-state index is -0.419. The number of nitrogens with one attached hydrogen (secondary N) is 2. The molecule has 1 saturated carbocycles. The van der Waals surface area contributed by atoms with Crippen LogP contribution < -0.4 is 25.0 Å². The van der Waals surface area contributed by atoms with Crippen LogP contribution in [0.5, 0.6) is 17.2 Å². The van der Waals surface area contributed by atoms with Gasteiger partial charge in [0.1, 0.15) is 22.8 Å². The Morgan fingerprint density at radius 1 is 1.22 bits per heavy atom. The van der Waals surface area contributed by atoms with Crippen LogP contribution in [-0.4, -0.2) is 42.7 Å². The first kappa shape index (κ1) is 27.0. The molecule has 4 rings (SSSR count). The monoisotopic (exact) mass is 545 g/mol. The normalized spacial score (nSPS) is 16.9. The van der Waals surface area contributed by atoms with E-state index in [1.807, 2.05) is 25.1 Å². The maximum Gasteiger partial charge on any atom is 0.344 e. The Balaban J connectivity index is 1.56.